The lowest BCUT2D eigenvalue weighted by Gasteiger charge is -2.00. The molecule has 1 heterocycles. The lowest BCUT2D eigenvalue weighted by Crippen LogP contribution is -1.86. The second-order valence-electron chi connectivity index (χ2n) is 1.78. The molecule has 10 heavy (non-hydrogen) atoms. The molecule has 4 heteroatoms. The number of aromatic hydroxyl groups is 1. The van der Waals surface area contributed by atoms with E-state index >= 15 is 0 Å². The van der Waals surface area contributed by atoms with Crippen molar-refractivity contribution in [3.05, 3.63) is 22.4 Å². The molecule has 0 bridgehead atoms. The number of halogens is 1. The third kappa shape index (κ3) is 1.27. The van der Waals surface area contributed by atoms with Crippen LogP contribution in [0.1, 0.15) is 5.56 Å². The Labute approximate surface area is 66.5 Å². The van der Waals surface area contributed by atoms with E-state index in [2.05, 4.69) is 20.9 Å². The van der Waals surface area contributed by atoms with Crippen LogP contribution in [-0.4, -0.2) is 15.2 Å². The fourth-order valence-corrected chi connectivity index (χ4v) is 1.05. The summed E-state index contributed by atoms with van der Waals surface area (Å²) in [5, 5.41) is 17.7. The Morgan fingerprint density at radius 1 is 1.50 bits per heavy atom. The second-order valence-corrected chi connectivity index (χ2v) is 2.63. The number of aromatic nitrogens is 1. The van der Waals surface area contributed by atoms with Gasteiger partial charge < -0.3 is 10.2 Å². The van der Waals surface area contributed by atoms with Crippen LogP contribution in [0, 0.1) is 0 Å². The van der Waals surface area contributed by atoms with E-state index < -0.39 is 0 Å². The van der Waals surface area contributed by atoms with Gasteiger partial charge in [-0.15, -0.1) is 0 Å². The van der Waals surface area contributed by atoms with Gasteiger partial charge in [-0.1, -0.05) is 0 Å². The molecule has 0 aliphatic rings. The minimum atomic E-state index is -0.186. The topological polar surface area (TPSA) is 53.4 Å². The number of nitrogens with zero attached hydrogens (tertiary/aromatic N) is 1. The highest BCUT2D eigenvalue weighted by Crippen LogP contribution is 2.23. The summed E-state index contributed by atoms with van der Waals surface area (Å²) in [5.74, 6) is 0.0110. The van der Waals surface area contributed by atoms with Gasteiger partial charge in [-0.25, -0.2) is 0 Å². The predicted molar refractivity (Wildman–Crippen MR) is 39.5 cm³/mol. The molecule has 0 atom stereocenters. The third-order valence-electron chi connectivity index (χ3n) is 1.14. The van der Waals surface area contributed by atoms with E-state index in [1.165, 1.54) is 12.4 Å². The maximum absolute atomic E-state index is 9.04. The lowest BCUT2D eigenvalue weighted by molar-refractivity contribution is 0.274. The van der Waals surface area contributed by atoms with Crippen LogP contribution in [-0.2, 0) is 6.61 Å². The second kappa shape index (κ2) is 2.98. The Hall–Kier alpha value is -0.610. The zero-order valence-corrected chi connectivity index (χ0v) is 6.67. The lowest BCUT2D eigenvalue weighted by atomic mass is 10.3. The van der Waals surface area contributed by atoms with Crippen molar-refractivity contribution in [2.75, 3.05) is 0 Å². The summed E-state index contributed by atoms with van der Waals surface area (Å²) in [6.45, 7) is -0.186. The molecule has 0 fully saturated rings. The smallest absolute Gasteiger partial charge is 0.140 e. The van der Waals surface area contributed by atoms with Gasteiger partial charge in [-0.2, -0.15) is 0 Å². The maximum Gasteiger partial charge on any atom is 0.140 e. The van der Waals surface area contributed by atoms with E-state index in [0.29, 0.717) is 10.0 Å². The summed E-state index contributed by atoms with van der Waals surface area (Å²) in [7, 11) is 0. The molecule has 0 saturated heterocycles. The molecule has 0 aliphatic carbocycles. The summed E-state index contributed by atoms with van der Waals surface area (Å²) in [6.07, 6.45) is 2.81. The molecule has 0 aliphatic heterocycles. The quantitative estimate of drug-likeness (QED) is 0.718. The molecular weight excluding hydrogens is 198 g/mol. The van der Waals surface area contributed by atoms with Crippen molar-refractivity contribution in [1.82, 2.24) is 4.98 Å². The van der Waals surface area contributed by atoms with E-state index in [9.17, 15) is 0 Å². The van der Waals surface area contributed by atoms with Gasteiger partial charge in [0.25, 0.3) is 0 Å². The minimum Gasteiger partial charge on any atom is -0.506 e. The third-order valence-corrected chi connectivity index (χ3v) is 1.82. The normalized spacial score (nSPS) is 9.80. The van der Waals surface area contributed by atoms with Crippen LogP contribution in [0.15, 0.2) is 16.9 Å². The van der Waals surface area contributed by atoms with Crippen LogP contribution in [0.5, 0.6) is 5.75 Å². The van der Waals surface area contributed by atoms with Crippen LogP contribution in [0.2, 0.25) is 0 Å². The Kier molecular flexibility index (Phi) is 2.24. The Balaban J connectivity index is 3.17. The average molecular weight is 204 g/mol. The monoisotopic (exact) mass is 203 g/mol. The Bertz CT molecular complexity index is 219. The number of aliphatic hydroxyl groups is 1. The molecule has 54 valence electrons. The van der Waals surface area contributed by atoms with Crippen LogP contribution in [0.25, 0.3) is 0 Å². The van der Waals surface area contributed by atoms with E-state index in [1.54, 1.807) is 0 Å². The molecule has 3 nitrogen and oxygen atoms in total. The summed E-state index contributed by atoms with van der Waals surface area (Å²) in [4.78, 5) is 3.68. The number of pyridine rings is 1. The molecule has 1 rings (SSSR count). The number of hydrogen-bond donors (Lipinski definition) is 2. The molecule has 0 aromatic carbocycles. The SMILES string of the molecule is OCc1c(O)cncc1Br. The Morgan fingerprint density at radius 2 is 2.20 bits per heavy atom. The van der Waals surface area contributed by atoms with Crippen molar-refractivity contribution in [2.45, 2.75) is 6.61 Å². The van der Waals surface area contributed by atoms with Gasteiger partial charge in [0.15, 0.2) is 0 Å². The van der Waals surface area contributed by atoms with Gasteiger partial charge in [0.2, 0.25) is 0 Å². The van der Waals surface area contributed by atoms with Gasteiger partial charge in [0.05, 0.1) is 12.8 Å². The van der Waals surface area contributed by atoms with Gasteiger partial charge in [-0.3, -0.25) is 4.98 Å². The molecule has 0 radical (unpaired) electrons. The number of rotatable bonds is 1. The van der Waals surface area contributed by atoms with Crippen molar-refractivity contribution in [3.63, 3.8) is 0 Å². The first-order chi connectivity index (χ1) is 4.75. The molecule has 0 amide bonds. The number of hydrogen-bond acceptors (Lipinski definition) is 3. The van der Waals surface area contributed by atoms with Gasteiger partial charge in [0.1, 0.15) is 5.75 Å². The summed E-state index contributed by atoms with van der Waals surface area (Å²) >= 11 is 3.12. The predicted octanol–water partition coefficient (Wildman–Crippen LogP) is 1.04. The minimum absolute atomic E-state index is 0.0110. The van der Waals surface area contributed by atoms with E-state index in [1.807, 2.05) is 0 Å². The summed E-state index contributed by atoms with van der Waals surface area (Å²) in [5.41, 5.74) is 0.468. The fourth-order valence-electron chi connectivity index (χ4n) is 0.608. The van der Waals surface area contributed by atoms with Crippen molar-refractivity contribution in [3.8, 4) is 5.75 Å². The zero-order valence-electron chi connectivity index (χ0n) is 5.08. The van der Waals surface area contributed by atoms with E-state index in [4.69, 9.17) is 10.2 Å². The summed E-state index contributed by atoms with van der Waals surface area (Å²) < 4.78 is 0.620. The summed E-state index contributed by atoms with van der Waals surface area (Å²) in [6, 6.07) is 0. The van der Waals surface area contributed by atoms with E-state index in [0.717, 1.165) is 0 Å². The van der Waals surface area contributed by atoms with Crippen LogP contribution >= 0.6 is 15.9 Å². The van der Waals surface area contributed by atoms with Crippen molar-refractivity contribution in [1.29, 1.82) is 0 Å². The Morgan fingerprint density at radius 3 is 2.60 bits per heavy atom. The van der Waals surface area contributed by atoms with Crippen molar-refractivity contribution in [2.24, 2.45) is 0 Å². The van der Waals surface area contributed by atoms with Gasteiger partial charge in [0, 0.05) is 16.2 Å². The standard InChI is InChI=1S/C6H6BrNO2/c7-5-1-8-2-6(10)4(5)3-9/h1-2,9-10H,3H2. The molecule has 0 saturated carbocycles. The van der Waals surface area contributed by atoms with Gasteiger partial charge in [-0.05, 0) is 15.9 Å². The highest BCUT2D eigenvalue weighted by molar-refractivity contribution is 9.10. The maximum atomic E-state index is 9.04. The number of aliphatic hydroxyl groups excluding tert-OH is 1. The molecule has 1 aromatic heterocycles. The fraction of sp³-hybridized carbons (Fsp3) is 0.167. The van der Waals surface area contributed by atoms with Crippen LogP contribution < -0.4 is 0 Å². The first kappa shape index (κ1) is 7.50. The van der Waals surface area contributed by atoms with Crippen LogP contribution in [0.4, 0.5) is 0 Å². The van der Waals surface area contributed by atoms with E-state index in [-0.39, 0.29) is 12.4 Å². The average Bonchev–Trinajstić information content (AvgIpc) is 1.88. The molecule has 1 aromatic rings. The highest BCUT2D eigenvalue weighted by Gasteiger charge is 2.02. The molecule has 2 N–H and O–H groups in total. The highest BCUT2D eigenvalue weighted by atomic mass is 79.9. The van der Waals surface area contributed by atoms with Crippen molar-refractivity contribution >= 4 is 15.9 Å². The molecular formula is C6H6BrNO2. The van der Waals surface area contributed by atoms with Crippen LogP contribution in [0.3, 0.4) is 0 Å². The first-order valence-electron chi connectivity index (χ1n) is 2.68. The molecule has 0 unspecified atom stereocenters. The first-order valence-corrected chi connectivity index (χ1v) is 3.47. The zero-order chi connectivity index (χ0) is 7.56. The molecule has 0 spiro atoms. The largest absolute Gasteiger partial charge is 0.506 e. The van der Waals surface area contributed by atoms with Gasteiger partial charge >= 0.3 is 0 Å². The van der Waals surface area contributed by atoms with Crippen molar-refractivity contribution < 1.29 is 10.2 Å².